The van der Waals surface area contributed by atoms with E-state index < -0.39 is 0 Å². The number of nitrogens with zero attached hydrogens (tertiary/aromatic N) is 4. The van der Waals surface area contributed by atoms with E-state index in [1.54, 1.807) is 36.5 Å². The monoisotopic (exact) mass is 400 g/mol. The summed E-state index contributed by atoms with van der Waals surface area (Å²) in [5.41, 5.74) is 2.08. The lowest BCUT2D eigenvalue weighted by Gasteiger charge is -2.36. The van der Waals surface area contributed by atoms with Crippen LogP contribution >= 0.6 is 11.6 Å². The third-order valence-electron chi connectivity index (χ3n) is 5.08. The van der Waals surface area contributed by atoms with Crippen LogP contribution in [0.5, 0.6) is 0 Å². The Morgan fingerprint density at radius 1 is 1.11 bits per heavy atom. The van der Waals surface area contributed by atoms with Gasteiger partial charge < -0.3 is 4.90 Å². The quantitative estimate of drug-likeness (QED) is 0.483. The summed E-state index contributed by atoms with van der Waals surface area (Å²) in [5, 5.41) is 12.3. The van der Waals surface area contributed by atoms with E-state index in [4.69, 9.17) is 11.6 Å². The Bertz CT molecular complexity index is 1020. The molecule has 3 aromatic rings. The third kappa shape index (κ3) is 3.50. The van der Waals surface area contributed by atoms with Crippen LogP contribution in [0.2, 0.25) is 5.02 Å². The molecular formula is C20H18ClFN4O2. The first-order chi connectivity index (χ1) is 13.5. The SMILES string of the molecule is O=[N+]([O-])c1ccc(N2CCN(Cc3c(F)cccc3Cl)CC2)c2ncccc12. The summed E-state index contributed by atoms with van der Waals surface area (Å²) in [7, 11) is 0. The van der Waals surface area contributed by atoms with E-state index in [9.17, 15) is 14.5 Å². The van der Waals surface area contributed by atoms with Crippen molar-refractivity contribution in [1.82, 2.24) is 9.88 Å². The number of nitro groups is 1. The Balaban J connectivity index is 1.53. The van der Waals surface area contributed by atoms with E-state index in [-0.39, 0.29) is 16.4 Å². The van der Waals surface area contributed by atoms with Crippen LogP contribution in [-0.2, 0) is 6.54 Å². The first-order valence-electron chi connectivity index (χ1n) is 8.97. The molecule has 8 heteroatoms. The largest absolute Gasteiger partial charge is 0.367 e. The molecule has 1 aromatic heterocycles. The highest BCUT2D eigenvalue weighted by Gasteiger charge is 2.23. The molecule has 0 bridgehead atoms. The van der Waals surface area contributed by atoms with Gasteiger partial charge in [-0.3, -0.25) is 20.0 Å². The van der Waals surface area contributed by atoms with Crippen LogP contribution in [-0.4, -0.2) is 41.0 Å². The Morgan fingerprint density at radius 2 is 1.89 bits per heavy atom. The van der Waals surface area contributed by atoms with Crippen molar-refractivity contribution < 1.29 is 9.31 Å². The fourth-order valence-corrected chi connectivity index (χ4v) is 3.83. The van der Waals surface area contributed by atoms with Gasteiger partial charge in [-0.1, -0.05) is 17.7 Å². The normalized spacial score (nSPS) is 15.1. The van der Waals surface area contributed by atoms with E-state index in [2.05, 4.69) is 14.8 Å². The summed E-state index contributed by atoms with van der Waals surface area (Å²) < 4.78 is 14.0. The van der Waals surface area contributed by atoms with Crippen LogP contribution in [0.25, 0.3) is 10.9 Å². The number of hydrogen-bond acceptors (Lipinski definition) is 5. The van der Waals surface area contributed by atoms with Crippen molar-refractivity contribution in [1.29, 1.82) is 0 Å². The Kier molecular flexibility index (Phi) is 5.11. The van der Waals surface area contributed by atoms with Crippen molar-refractivity contribution in [3.63, 3.8) is 0 Å². The third-order valence-corrected chi connectivity index (χ3v) is 5.43. The highest BCUT2D eigenvalue weighted by molar-refractivity contribution is 6.31. The Hall–Kier alpha value is -2.77. The molecule has 1 fully saturated rings. The van der Waals surface area contributed by atoms with Gasteiger partial charge in [-0.2, -0.15) is 0 Å². The van der Waals surface area contributed by atoms with Crippen LogP contribution in [0, 0.1) is 15.9 Å². The number of nitro benzene ring substituents is 1. The number of hydrogen-bond donors (Lipinski definition) is 0. The summed E-state index contributed by atoms with van der Waals surface area (Å²) in [5.74, 6) is -0.291. The maximum absolute atomic E-state index is 14.0. The molecule has 0 unspecified atom stereocenters. The molecule has 6 nitrogen and oxygen atoms in total. The molecule has 0 N–H and O–H groups in total. The zero-order chi connectivity index (χ0) is 19.7. The second kappa shape index (κ2) is 7.69. The minimum absolute atomic E-state index is 0.0553. The molecule has 4 rings (SSSR count). The van der Waals surface area contributed by atoms with Crippen molar-refractivity contribution >= 4 is 33.9 Å². The van der Waals surface area contributed by atoms with Gasteiger partial charge in [-0.15, -0.1) is 0 Å². The molecule has 144 valence electrons. The van der Waals surface area contributed by atoms with E-state index in [1.165, 1.54) is 12.1 Å². The number of fused-ring (bicyclic) bond motifs is 1. The number of piperazine rings is 1. The number of benzene rings is 2. The predicted octanol–water partition coefficient (Wildman–Crippen LogP) is 4.26. The maximum Gasteiger partial charge on any atom is 0.278 e. The fourth-order valence-electron chi connectivity index (χ4n) is 3.61. The lowest BCUT2D eigenvalue weighted by molar-refractivity contribution is -0.383. The summed E-state index contributed by atoms with van der Waals surface area (Å²) in [6.07, 6.45) is 1.64. The van der Waals surface area contributed by atoms with Crippen LogP contribution in [0.3, 0.4) is 0 Å². The number of pyridine rings is 1. The fraction of sp³-hybridized carbons (Fsp3) is 0.250. The summed E-state index contributed by atoms with van der Waals surface area (Å²) in [4.78, 5) is 19.6. The maximum atomic E-state index is 14.0. The Labute approximate surface area is 166 Å². The van der Waals surface area contributed by atoms with Crippen molar-refractivity contribution in [2.45, 2.75) is 6.54 Å². The van der Waals surface area contributed by atoms with Crippen molar-refractivity contribution in [3.05, 3.63) is 75.2 Å². The first-order valence-corrected chi connectivity index (χ1v) is 9.34. The van der Waals surface area contributed by atoms with Gasteiger partial charge in [-0.25, -0.2) is 4.39 Å². The molecule has 28 heavy (non-hydrogen) atoms. The van der Waals surface area contributed by atoms with Gasteiger partial charge in [0.2, 0.25) is 0 Å². The molecule has 2 aromatic carbocycles. The predicted molar refractivity (Wildman–Crippen MR) is 107 cm³/mol. The smallest absolute Gasteiger partial charge is 0.278 e. The van der Waals surface area contributed by atoms with Gasteiger partial charge in [0.1, 0.15) is 11.3 Å². The van der Waals surface area contributed by atoms with E-state index >= 15 is 0 Å². The van der Waals surface area contributed by atoms with E-state index in [0.29, 0.717) is 28.0 Å². The molecule has 0 aliphatic carbocycles. The summed E-state index contributed by atoms with van der Waals surface area (Å²) in [6.45, 7) is 3.36. The van der Waals surface area contributed by atoms with Crippen LogP contribution in [0.1, 0.15) is 5.56 Å². The second-order valence-corrected chi connectivity index (χ2v) is 7.13. The highest BCUT2D eigenvalue weighted by Crippen LogP contribution is 2.32. The zero-order valence-corrected chi connectivity index (χ0v) is 15.8. The highest BCUT2D eigenvalue weighted by atomic mass is 35.5. The molecule has 0 saturated carbocycles. The topological polar surface area (TPSA) is 62.5 Å². The van der Waals surface area contributed by atoms with Crippen molar-refractivity contribution in [3.8, 4) is 0 Å². The van der Waals surface area contributed by atoms with Gasteiger partial charge >= 0.3 is 0 Å². The molecule has 2 heterocycles. The number of rotatable bonds is 4. The second-order valence-electron chi connectivity index (χ2n) is 6.72. The average molecular weight is 401 g/mol. The molecule has 0 radical (unpaired) electrons. The van der Waals surface area contributed by atoms with Gasteiger partial charge in [0.15, 0.2) is 0 Å². The minimum Gasteiger partial charge on any atom is -0.367 e. The van der Waals surface area contributed by atoms with Gasteiger partial charge in [0.25, 0.3) is 5.69 Å². The van der Waals surface area contributed by atoms with E-state index in [0.717, 1.165) is 31.9 Å². The van der Waals surface area contributed by atoms with Crippen molar-refractivity contribution in [2.75, 3.05) is 31.1 Å². The van der Waals surface area contributed by atoms with Crippen molar-refractivity contribution in [2.24, 2.45) is 0 Å². The molecule has 0 atom stereocenters. The molecule has 0 amide bonds. The van der Waals surface area contributed by atoms with Gasteiger partial charge in [0.05, 0.1) is 16.0 Å². The van der Waals surface area contributed by atoms with Crippen LogP contribution in [0.4, 0.5) is 15.8 Å². The molecule has 0 spiro atoms. The number of non-ortho nitro benzene ring substituents is 1. The van der Waals surface area contributed by atoms with Gasteiger partial charge in [-0.05, 0) is 30.3 Å². The molecular weight excluding hydrogens is 383 g/mol. The van der Waals surface area contributed by atoms with Crippen LogP contribution < -0.4 is 4.90 Å². The number of aromatic nitrogens is 1. The number of anilines is 1. The summed E-state index contributed by atoms with van der Waals surface area (Å²) in [6, 6.07) is 11.4. The minimum atomic E-state index is -0.385. The molecule has 1 saturated heterocycles. The first kappa shape index (κ1) is 18.6. The lowest BCUT2D eigenvalue weighted by atomic mass is 10.1. The van der Waals surface area contributed by atoms with Crippen LogP contribution in [0.15, 0.2) is 48.7 Å². The zero-order valence-electron chi connectivity index (χ0n) is 15.0. The van der Waals surface area contributed by atoms with Gasteiger partial charge in [0, 0.05) is 55.6 Å². The van der Waals surface area contributed by atoms with E-state index in [1.807, 2.05) is 0 Å². The molecule has 1 aliphatic rings. The lowest BCUT2D eigenvalue weighted by Crippen LogP contribution is -2.46. The standard InChI is InChI=1S/C20H18ClFN4O2/c21-16-4-1-5-17(22)15(16)13-24-9-11-25(12-10-24)19-7-6-18(26(27)28)14-3-2-8-23-20(14)19/h1-8H,9-13H2. The average Bonchev–Trinajstić information content (AvgIpc) is 2.70. The molecule has 1 aliphatic heterocycles. The number of halogens is 2. The summed E-state index contributed by atoms with van der Waals surface area (Å²) >= 11 is 6.14. The Morgan fingerprint density at radius 3 is 2.61 bits per heavy atom.